The number of carbonyl (C=O) groups is 1. The van der Waals surface area contributed by atoms with E-state index in [2.05, 4.69) is 10.2 Å². The van der Waals surface area contributed by atoms with Gasteiger partial charge in [-0.25, -0.2) is 9.69 Å². The van der Waals surface area contributed by atoms with E-state index in [1.165, 1.54) is 22.6 Å². The molecule has 4 heterocycles. The normalized spacial score (nSPS) is 18.8. The Morgan fingerprint density at radius 2 is 2.06 bits per heavy atom. The number of amides is 1. The summed E-state index contributed by atoms with van der Waals surface area (Å²) in [6.07, 6.45) is -1.56. The molecule has 0 radical (unpaired) electrons. The number of thiophene rings is 1. The summed E-state index contributed by atoms with van der Waals surface area (Å²) in [5.41, 5.74) is -1.81. The van der Waals surface area contributed by atoms with Crippen LogP contribution < -0.4 is 5.56 Å². The van der Waals surface area contributed by atoms with E-state index >= 15 is 0 Å². The van der Waals surface area contributed by atoms with Crippen molar-refractivity contribution in [2.75, 3.05) is 0 Å². The molecule has 1 atom stereocenters. The van der Waals surface area contributed by atoms with Gasteiger partial charge in [0.1, 0.15) is 23.9 Å². The van der Waals surface area contributed by atoms with Crippen LogP contribution in [-0.2, 0) is 17.5 Å². The zero-order valence-corrected chi connectivity index (χ0v) is 17.4. The van der Waals surface area contributed by atoms with Crippen LogP contribution in [0.1, 0.15) is 53.1 Å². The Bertz CT molecular complexity index is 1230. The molecule has 1 aliphatic carbocycles. The molecule has 5 rings (SSSR count). The fraction of sp³-hybridized carbons (Fsp3) is 0.333. The SMILES string of the molecule is O=C(Cn1nc(C2CC2)cc(C(F)(F)F)c1=O)N1N=C(c2cccs2)CC1c1ccco1. The topological polar surface area (TPSA) is 80.7 Å². The summed E-state index contributed by atoms with van der Waals surface area (Å²) < 4.78 is 46.3. The highest BCUT2D eigenvalue weighted by Gasteiger charge is 2.39. The van der Waals surface area contributed by atoms with E-state index in [0.717, 1.165) is 10.9 Å². The predicted molar refractivity (Wildman–Crippen MR) is 109 cm³/mol. The average molecular weight is 462 g/mol. The molecule has 2 aliphatic rings. The van der Waals surface area contributed by atoms with Gasteiger partial charge in [-0.15, -0.1) is 11.3 Å². The lowest BCUT2D eigenvalue weighted by Crippen LogP contribution is -2.37. The zero-order valence-electron chi connectivity index (χ0n) is 16.6. The smallest absolute Gasteiger partial charge is 0.421 e. The highest BCUT2D eigenvalue weighted by atomic mass is 32.1. The number of hydrazone groups is 1. The summed E-state index contributed by atoms with van der Waals surface area (Å²) in [4.78, 5) is 26.5. The molecule has 0 N–H and O–H groups in total. The molecule has 1 amide bonds. The maximum absolute atomic E-state index is 13.4. The Balaban J connectivity index is 1.49. The summed E-state index contributed by atoms with van der Waals surface area (Å²) in [6, 6.07) is 7.37. The molecule has 11 heteroatoms. The molecule has 166 valence electrons. The third kappa shape index (κ3) is 3.88. The average Bonchev–Trinajstić information content (AvgIpc) is 3.17. The molecule has 0 saturated heterocycles. The molecule has 3 aromatic heterocycles. The number of nitrogens with zero attached hydrogens (tertiary/aromatic N) is 4. The van der Waals surface area contributed by atoms with Crippen LogP contribution in [0.25, 0.3) is 0 Å². The number of aromatic nitrogens is 2. The highest BCUT2D eigenvalue weighted by Crippen LogP contribution is 2.40. The van der Waals surface area contributed by atoms with E-state index < -0.39 is 35.8 Å². The van der Waals surface area contributed by atoms with Gasteiger partial charge >= 0.3 is 6.18 Å². The van der Waals surface area contributed by atoms with Gasteiger partial charge in [0.15, 0.2) is 0 Å². The van der Waals surface area contributed by atoms with Crippen LogP contribution >= 0.6 is 11.3 Å². The van der Waals surface area contributed by atoms with Crippen molar-refractivity contribution in [3.63, 3.8) is 0 Å². The van der Waals surface area contributed by atoms with Crippen LogP contribution in [0.5, 0.6) is 0 Å². The number of rotatable bonds is 5. The van der Waals surface area contributed by atoms with Gasteiger partial charge in [0.2, 0.25) is 0 Å². The van der Waals surface area contributed by atoms with Crippen LogP contribution in [0.4, 0.5) is 13.2 Å². The standard InChI is InChI=1S/C21H17F3N4O3S/c22-21(23,24)13-9-14(12-5-6-12)25-27(20(13)30)11-19(29)28-16(17-3-1-7-31-17)10-15(26-28)18-4-2-8-32-18/h1-4,7-9,12,16H,5-6,10-11H2. The van der Waals surface area contributed by atoms with Crippen LogP contribution in [0.2, 0.25) is 0 Å². The highest BCUT2D eigenvalue weighted by molar-refractivity contribution is 7.12. The van der Waals surface area contributed by atoms with Crippen molar-refractivity contribution >= 4 is 23.0 Å². The quantitative estimate of drug-likeness (QED) is 0.570. The minimum atomic E-state index is -4.83. The van der Waals surface area contributed by atoms with Gasteiger partial charge in [0, 0.05) is 12.3 Å². The Morgan fingerprint density at radius 1 is 1.25 bits per heavy atom. The number of halogens is 3. The first-order chi connectivity index (χ1) is 15.3. The van der Waals surface area contributed by atoms with E-state index in [4.69, 9.17) is 4.42 Å². The predicted octanol–water partition coefficient (Wildman–Crippen LogP) is 4.17. The van der Waals surface area contributed by atoms with Crippen LogP contribution in [0.3, 0.4) is 0 Å². The third-order valence-electron chi connectivity index (χ3n) is 5.42. The molecule has 0 aromatic carbocycles. The summed E-state index contributed by atoms with van der Waals surface area (Å²) >= 11 is 1.46. The van der Waals surface area contributed by atoms with E-state index in [-0.39, 0.29) is 11.6 Å². The lowest BCUT2D eigenvalue weighted by atomic mass is 10.1. The van der Waals surface area contributed by atoms with Crippen LogP contribution in [0, 0.1) is 0 Å². The summed E-state index contributed by atoms with van der Waals surface area (Å²) in [5.74, 6) is -0.269. The third-order valence-corrected chi connectivity index (χ3v) is 6.34. The van der Waals surface area contributed by atoms with Gasteiger partial charge < -0.3 is 4.42 Å². The molecule has 3 aromatic rings. The maximum atomic E-state index is 13.4. The van der Waals surface area contributed by atoms with Crippen LogP contribution in [-0.4, -0.2) is 26.4 Å². The molecule has 0 spiro atoms. The first-order valence-electron chi connectivity index (χ1n) is 9.97. The van der Waals surface area contributed by atoms with E-state index in [1.807, 2.05) is 17.5 Å². The van der Waals surface area contributed by atoms with E-state index in [1.54, 1.807) is 12.1 Å². The Morgan fingerprint density at radius 3 is 2.69 bits per heavy atom. The second-order valence-electron chi connectivity index (χ2n) is 7.72. The van der Waals surface area contributed by atoms with E-state index in [0.29, 0.717) is 35.4 Å². The van der Waals surface area contributed by atoms with Gasteiger partial charge in [-0.3, -0.25) is 9.59 Å². The van der Waals surface area contributed by atoms with Gasteiger partial charge in [0.05, 0.1) is 22.5 Å². The summed E-state index contributed by atoms with van der Waals surface area (Å²) in [5, 5.41) is 11.5. The summed E-state index contributed by atoms with van der Waals surface area (Å²) in [6.45, 7) is -0.652. The number of hydrogen-bond acceptors (Lipinski definition) is 6. The van der Waals surface area contributed by atoms with Crippen LogP contribution in [0.15, 0.2) is 56.3 Å². The molecule has 0 bridgehead atoms. The van der Waals surface area contributed by atoms with Gasteiger partial charge in [-0.1, -0.05) is 6.07 Å². The molecule has 1 saturated carbocycles. The lowest BCUT2D eigenvalue weighted by Gasteiger charge is -2.20. The molecular formula is C21H17F3N4O3S. The van der Waals surface area contributed by atoms with Crippen molar-refractivity contribution in [3.8, 4) is 0 Å². The lowest BCUT2D eigenvalue weighted by molar-refractivity contribution is -0.140. The number of hydrogen-bond donors (Lipinski definition) is 0. The second-order valence-corrected chi connectivity index (χ2v) is 8.66. The number of carbonyl (C=O) groups excluding carboxylic acids is 1. The molecule has 7 nitrogen and oxygen atoms in total. The minimum absolute atomic E-state index is 0.121. The van der Waals surface area contributed by atoms with Gasteiger partial charge in [-0.2, -0.15) is 23.4 Å². The Labute approximate surface area is 183 Å². The number of alkyl halides is 3. The molecule has 32 heavy (non-hydrogen) atoms. The maximum Gasteiger partial charge on any atom is 0.421 e. The van der Waals surface area contributed by atoms with Crippen molar-refractivity contribution in [1.29, 1.82) is 0 Å². The number of furan rings is 1. The zero-order chi connectivity index (χ0) is 22.5. The Kier molecular flexibility index (Phi) is 5.00. The Hall–Kier alpha value is -3.21. The molecular weight excluding hydrogens is 445 g/mol. The molecule has 1 aliphatic heterocycles. The first-order valence-corrected chi connectivity index (χ1v) is 10.9. The van der Waals surface area contributed by atoms with Crippen molar-refractivity contribution in [1.82, 2.24) is 14.8 Å². The second kappa shape index (κ2) is 7.73. The molecule has 1 fully saturated rings. The van der Waals surface area contributed by atoms with Crippen molar-refractivity contribution < 1.29 is 22.4 Å². The van der Waals surface area contributed by atoms with Crippen molar-refractivity contribution in [2.24, 2.45) is 5.10 Å². The van der Waals surface area contributed by atoms with Gasteiger partial charge in [-0.05, 0) is 42.5 Å². The molecule has 1 unspecified atom stereocenters. The minimum Gasteiger partial charge on any atom is -0.467 e. The van der Waals surface area contributed by atoms with E-state index in [9.17, 15) is 22.8 Å². The fourth-order valence-corrected chi connectivity index (χ4v) is 4.41. The van der Waals surface area contributed by atoms with Crippen molar-refractivity contribution in [2.45, 2.75) is 43.9 Å². The summed E-state index contributed by atoms with van der Waals surface area (Å²) in [7, 11) is 0. The fourth-order valence-electron chi connectivity index (χ4n) is 3.69. The van der Waals surface area contributed by atoms with Crippen molar-refractivity contribution in [3.05, 3.63) is 74.2 Å². The first kappa shape index (κ1) is 20.7. The monoisotopic (exact) mass is 462 g/mol. The van der Waals surface area contributed by atoms with Gasteiger partial charge in [0.25, 0.3) is 11.5 Å². The largest absolute Gasteiger partial charge is 0.467 e.